The molecule has 0 aromatic carbocycles. The van der Waals surface area contributed by atoms with Crippen LogP contribution in [0.25, 0.3) is 0 Å². The van der Waals surface area contributed by atoms with E-state index >= 15 is 0 Å². The molecular formula is C15H26N2O3. The minimum absolute atomic E-state index is 0.00556. The number of hydrogen-bond acceptors (Lipinski definition) is 3. The second kappa shape index (κ2) is 6.57. The number of morpholine rings is 1. The van der Waals surface area contributed by atoms with Gasteiger partial charge in [-0.2, -0.15) is 0 Å². The summed E-state index contributed by atoms with van der Waals surface area (Å²) in [4.78, 5) is 26.1. The lowest BCUT2D eigenvalue weighted by atomic mass is 9.77. The van der Waals surface area contributed by atoms with Crippen molar-refractivity contribution in [2.45, 2.75) is 39.5 Å². The van der Waals surface area contributed by atoms with Gasteiger partial charge in [0.15, 0.2) is 0 Å². The Kier molecular flexibility index (Phi) is 5.02. The van der Waals surface area contributed by atoms with Crippen LogP contribution in [0.3, 0.4) is 0 Å². The lowest BCUT2D eigenvalue weighted by Gasteiger charge is -2.31. The standard InChI is InChI=1S/C15H26N2O3/c1-15(2,12-5-3-4-6-12)14(19)16-11-13(18)17-7-9-20-10-8-17/h12H,3-11H2,1-2H3,(H,16,19). The van der Waals surface area contributed by atoms with Crippen LogP contribution in [0, 0.1) is 11.3 Å². The molecule has 0 atom stereocenters. The lowest BCUT2D eigenvalue weighted by molar-refractivity contribution is -0.139. The second-order valence-corrected chi connectivity index (χ2v) is 6.38. The van der Waals surface area contributed by atoms with Crippen molar-refractivity contribution >= 4 is 11.8 Å². The van der Waals surface area contributed by atoms with E-state index < -0.39 is 0 Å². The zero-order valence-electron chi connectivity index (χ0n) is 12.6. The summed E-state index contributed by atoms with van der Waals surface area (Å²) < 4.78 is 5.22. The summed E-state index contributed by atoms with van der Waals surface area (Å²) in [5.74, 6) is 0.441. The third-order valence-corrected chi connectivity index (χ3v) is 4.72. The van der Waals surface area contributed by atoms with E-state index in [9.17, 15) is 9.59 Å². The molecule has 0 aromatic heterocycles. The van der Waals surface area contributed by atoms with Gasteiger partial charge in [0.05, 0.1) is 19.8 Å². The van der Waals surface area contributed by atoms with E-state index in [1.807, 2.05) is 13.8 Å². The van der Waals surface area contributed by atoms with Gasteiger partial charge in [0, 0.05) is 18.5 Å². The maximum atomic E-state index is 12.3. The van der Waals surface area contributed by atoms with Crippen LogP contribution in [0.4, 0.5) is 0 Å². The minimum Gasteiger partial charge on any atom is -0.378 e. The Morgan fingerprint density at radius 2 is 1.80 bits per heavy atom. The number of hydrogen-bond donors (Lipinski definition) is 1. The van der Waals surface area contributed by atoms with Crippen LogP contribution in [0.1, 0.15) is 39.5 Å². The van der Waals surface area contributed by atoms with Crippen molar-refractivity contribution in [3.63, 3.8) is 0 Å². The van der Waals surface area contributed by atoms with E-state index in [-0.39, 0.29) is 23.8 Å². The van der Waals surface area contributed by atoms with Gasteiger partial charge in [0.1, 0.15) is 0 Å². The highest BCUT2D eigenvalue weighted by molar-refractivity contribution is 5.87. The van der Waals surface area contributed by atoms with Crippen molar-refractivity contribution in [1.29, 1.82) is 0 Å². The Morgan fingerprint density at radius 1 is 1.20 bits per heavy atom. The van der Waals surface area contributed by atoms with Gasteiger partial charge >= 0.3 is 0 Å². The van der Waals surface area contributed by atoms with Crippen molar-refractivity contribution in [1.82, 2.24) is 10.2 Å². The minimum atomic E-state index is -0.373. The van der Waals surface area contributed by atoms with Crippen LogP contribution >= 0.6 is 0 Å². The van der Waals surface area contributed by atoms with Gasteiger partial charge in [0.2, 0.25) is 11.8 Å². The van der Waals surface area contributed by atoms with Gasteiger partial charge in [0.25, 0.3) is 0 Å². The molecule has 1 aliphatic carbocycles. The van der Waals surface area contributed by atoms with Gasteiger partial charge in [-0.05, 0) is 18.8 Å². The zero-order chi connectivity index (χ0) is 14.6. The molecule has 5 heteroatoms. The molecule has 20 heavy (non-hydrogen) atoms. The summed E-state index contributed by atoms with van der Waals surface area (Å²) in [6, 6.07) is 0. The van der Waals surface area contributed by atoms with Gasteiger partial charge in [-0.25, -0.2) is 0 Å². The number of nitrogens with one attached hydrogen (secondary N) is 1. The Hall–Kier alpha value is -1.10. The van der Waals surface area contributed by atoms with Gasteiger partial charge in [-0.3, -0.25) is 9.59 Å². The predicted molar refractivity (Wildman–Crippen MR) is 76.1 cm³/mol. The van der Waals surface area contributed by atoms with Crippen LogP contribution in [0.2, 0.25) is 0 Å². The van der Waals surface area contributed by atoms with E-state index in [0.717, 1.165) is 12.8 Å². The fourth-order valence-corrected chi connectivity index (χ4v) is 3.14. The number of ether oxygens (including phenoxy) is 1. The maximum absolute atomic E-state index is 12.3. The molecule has 1 saturated heterocycles. The first-order valence-corrected chi connectivity index (χ1v) is 7.65. The SMILES string of the molecule is CC(C)(C(=O)NCC(=O)N1CCOCC1)C1CCCC1. The van der Waals surface area contributed by atoms with E-state index in [2.05, 4.69) is 5.32 Å². The lowest BCUT2D eigenvalue weighted by Crippen LogP contribution is -2.48. The summed E-state index contributed by atoms with van der Waals surface area (Å²) >= 11 is 0. The summed E-state index contributed by atoms with van der Waals surface area (Å²) in [7, 11) is 0. The van der Waals surface area contributed by atoms with Crippen LogP contribution in [0.5, 0.6) is 0 Å². The fraction of sp³-hybridized carbons (Fsp3) is 0.867. The van der Waals surface area contributed by atoms with E-state index in [4.69, 9.17) is 4.74 Å². The van der Waals surface area contributed by atoms with E-state index in [1.165, 1.54) is 12.8 Å². The van der Waals surface area contributed by atoms with E-state index in [0.29, 0.717) is 32.2 Å². The number of amides is 2. The first kappa shape index (κ1) is 15.3. The molecule has 5 nitrogen and oxygen atoms in total. The van der Waals surface area contributed by atoms with Crippen LogP contribution in [0.15, 0.2) is 0 Å². The molecule has 1 aliphatic heterocycles. The molecule has 0 unspecified atom stereocenters. The molecule has 0 radical (unpaired) electrons. The molecule has 2 aliphatic rings. The molecule has 2 amide bonds. The Morgan fingerprint density at radius 3 is 2.40 bits per heavy atom. The quantitative estimate of drug-likeness (QED) is 0.842. The average molecular weight is 282 g/mol. The highest BCUT2D eigenvalue weighted by atomic mass is 16.5. The smallest absolute Gasteiger partial charge is 0.242 e. The number of rotatable bonds is 4. The summed E-state index contributed by atoms with van der Waals surface area (Å²) in [5.41, 5.74) is -0.373. The molecule has 0 spiro atoms. The van der Waals surface area contributed by atoms with Crippen molar-refractivity contribution in [2.75, 3.05) is 32.8 Å². The monoisotopic (exact) mass is 282 g/mol. The zero-order valence-corrected chi connectivity index (χ0v) is 12.6. The van der Waals surface area contributed by atoms with Gasteiger partial charge < -0.3 is 15.0 Å². The summed E-state index contributed by atoms with van der Waals surface area (Å²) in [6.07, 6.45) is 4.68. The van der Waals surface area contributed by atoms with Crippen molar-refractivity contribution in [2.24, 2.45) is 11.3 Å². The topological polar surface area (TPSA) is 58.6 Å². The van der Waals surface area contributed by atoms with Crippen molar-refractivity contribution in [3.8, 4) is 0 Å². The molecule has 2 rings (SSSR count). The first-order valence-electron chi connectivity index (χ1n) is 7.65. The maximum Gasteiger partial charge on any atom is 0.242 e. The number of carbonyl (C=O) groups is 2. The molecule has 0 aromatic rings. The van der Waals surface area contributed by atoms with Crippen LogP contribution < -0.4 is 5.32 Å². The molecule has 1 saturated carbocycles. The second-order valence-electron chi connectivity index (χ2n) is 6.38. The number of nitrogens with zero attached hydrogens (tertiary/aromatic N) is 1. The highest BCUT2D eigenvalue weighted by Gasteiger charge is 2.38. The van der Waals surface area contributed by atoms with Gasteiger partial charge in [-0.1, -0.05) is 26.7 Å². The predicted octanol–water partition coefficient (Wildman–Crippen LogP) is 1.18. The summed E-state index contributed by atoms with van der Waals surface area (Å²) in [6.45, 7) is 6.53. The third kappa shape index (κ3) is 3.51. The Labute approximate surface area is 121 Å². The summed E-state index contributed by atoms with van der Waals surface area (Å²) in [5, 5.41) is 2.83. The van der Waals surface area contributed by atoms with Crippen molar-refractivity contribution in [3.05, 3.63) is 0 Å². The average Bonchev–Trinajstić information content (AvgIpc) is 3.00. The first-order chi connectivity index (χ1) is 9.51. The Balaban J connectivity index is 1.80. The Bertz CT molecular complexity index is 356. The normalized spacial score (nSPS) is 21.0. The van der Waals surface area contributed by atoms with Gasteiger partial charge in [-0.15, -0.1) is 0 Å². The molecule has 2 fully saturated rings. The fourth-order valence-electron chi connectivity index (χ4n) is 3.14. The molecule has 0 bridgehead atoms. The molecular weight excluding hydrogens is 256 g/mol. The van der Waals surface area contributed by atoms with Crippen molar-refractivity contribution < 1.29 is 14.3 Å². The number of carbonyl (C=O) groups excluding carboxylic acids is 2. The third-order valence-electron chi connectivity index (χ3n) is 4.72. The molecule has 114 valence electrons. The molecule has 1 heterocycles. The largest absolute Gasteiger partial charge is 0.378 e. The molecule has 1 N–H and O–H groups in total. The van der Waals surface area contributed by atoms with Crippen LogP contribution in [-0.2, 0) is 14.3 Å². The van der Waals surface area contributed by atoms with E-state index in [1.54, 1.807) is 4.90 Å². The highest BCUT2D eigenvalue weighted by Crippen LogP contribution is 2.39. The van der Waals surface area contributed by atoms with Crippen LogP contribution in [-0.4, -0.2) is 49.6 Å².